The number of carbonyl (C=O) groups is 2. The zero-order valence-electron chi connectivity index (χ0n) is 18.5. The Kier molecular flexibility index (Phi) is 7.38. The Bertz CT molecular complexity index is 1130. The molecule has 0 heterocycles. The van der Waals surface area contributed by atoms with E-state index in [0.29, 0.717) is 11.1 Å². The standard InChI is InChI=1S/C30H24F2O2/c31-25-15-11-21(12-16-25)19-27(29(33)23-7-3-1-4-8-23)28(20-22-13-17-26(32)18-14-22)30(34)24-9-5-2-6-10-24/h1-18,27-28H,19-20H2/t27-,28+. The van der Waals surface area contributed by atoms with Gasteiger partial charge in [-0.3, -0.25) is 9.59 Å². The summed E-state index contributed by atoms with van der Waals surface area (Å²) >= 11 is 0. The van der Waals surface area contributed by atoms with Crippen molar-refractivity contribution in [3.8, 4) is 0 Å². The van der Waals surface area contributed by atoms with E-state index in [1.165, 1.54) is 24.3 Å². The maximum Gasteiger partial charge on any atom is 0.167 e. The van der Waals surface area contributed by atoms with Crippen LogP contribution in [0.2, 0.25) is 0 Å². The second kappa shape index (κ2) is 10.8. The number of hydrogen-bond acceptors (Lipinski definition) is 2. The number of halogens is 2. The Morgan fingerprint density at radius 3 is 1.15 bits per heavy atom. The van der Waals surface area contributed by atoms with Gasteiger partial charge in [0.2, 0.25) is 0 Å². The molecule has 4 aromatic carbocycles. The summed E-state index contributed by atoms with van der Waals surface area (Å²) in [6.07, 6.45) is 0.552. The lowest BCUT2D eigenvalue weighted by molar-refractivity contribution is 0.0763. The molecule has 0 bridgehead atoms. The van der Waals surface area contributed by atoms with Gasteiger partial charge in [-0.05, 0) is 48.2 Å². The zero-order valence-corrected chi connectivity index (χ0v) is 18.5. The van der Waals surface area contributed by atoms with Gasteiger partial charge in [0.1, 0.15) is 11.6 Å². The first-order chi connectivity index (χ1) is 16.5. The lowest BCUT2D eigenvalue weighted by Gasteiger charge is -2.26. The van der Waals surface area contributed by atoms with Crippen molar-refractivity contribution in [3.05, 3.63) is 143 Å². The smallest absolute Gasteiger partial charge is 0.167 e. The van der Waals surface area contributed by atoms with Gasteiger partial charge in [-0.2, -0.15) is 0 Å². The molecule has 4 heteroatoms. The summed E-state index contributed by atoms with van der Waals surface area (Å²) < 4.78 is 27.0. The fraction of sp³-hybridized carbons (Fsp3) is 0.133. The van der Waals surface area contributed by atoms with Crippen LogP contribution < -0.4 is 0 Å². The van der Waals surface area contributed by atoms with Crippen LogP contribution in [-0.2, 0) is 12.8 Å². The molecule has 0 spiro atoms. The molecule has 0 N–H and O–H groups in total. The van der Waals surface area contributed by atoms with E-state index in [-0.39, 0.29) is 36.0 Å². The third kappa shape index (κ3) is 5.70. The molecule has 0 saturated heterocycles. The SMILES string of the molecule is O=C(c1ccccc1)[C@@H](Cc1ccc(F)cc1)[C@@H](Cc1ccc(F)cc1)C(=O)c1ccccc1. The Balaban J connectivity index is 1.77. The van der Waals surface area contributed by atoms with Crippen molar-refractivity contribution >= 4 is 11.6 Å². The molecule has 0 aliphatic heterocycles. The Labute approximate surface area is 197 Å². The lowest BCUT2D eigenvalue weighted by Crippen LogP contribution is -2.33. The van der Waals surface area contributed by atoms with Gasteiger partial charge < -0.3 is 0 Å². The number of rotatable bonds is 9. The van der Waals surface area contributed by atoms with E-state index in [0.717, 1.165) is 11.1 Å². The molecule has 0 aliphatic carbocycles. The molecule has 4 aromatic rings. The third-order valence-corrected chi connectivity index (χ3v) is 6.01. The number of hydrogen-bond donors (Lipinski definition) is 0. The van der Waals surface area contributed by atoms with Gasteiger partial charge >= 0.3 is 0 Å². The normalized spacial score (nSPS) is 12.6. The molecular formula is C30H24F2O2. The van der Waals surface area contributed by atoms with Crippen LogP contribution in [0.1, 0.15) is 31.8 Å². The van der Waals surface area contributed by atoms with E-state index in [9.17, 15) is 18.4 Å². The molecule has 0 aromatic heterocycles. The monoisotopic (exact) mass is 454 g/mol. The van der Waals surface area contributed by atoms with Crippen LogP contribution in [0.15, 0.2) is 109 Å². The molecule has 0 amide bonds. The highest BCUT2D eigenvalue weighted by Gasteiger charge is 2.35. The third-order valence-electron chi connectivity index (χ3n) is 6.01. The summed E-state index contributed by atoms with van der Waals surface area (Å²) in [7, 11) is 0. The minimum atomic E-state index is -0.689. The van der Waals surface area contributed by atoms with Crippen LogP contribution in [0.5, 0.6) is 0 Å². The summed E-state index contributed by atoms with van der Waals surface area (Å²) in [5.74, 6) is -2.41. The summed E-state index contributed by atoms with van der Waals surface area (Å²) in [6.45, 7) is 0. The van der Waals surface area contributed by atoms with Crippen LogP contribution in [0, 0.1) is 23.5 Å². The Morgan fingerprint density at radius 1 is 0.500 bits per heavy atom. The summed E-state index contributed by atoms with van der Waals surface area (Å²) in [5.41, 5.74) is 2.56. The first-order valence-electron chi connectivity index (χ1n) is 11.2. The highest BCUT2D eigenvalue weighted by atomic mass is 19.1. The van der Waals surface area contributed by atoms with Crippen molar-refractivity contribution in [2.45, 2.75) is 12.8 Å². The maximum absolute atomic E-state index is 13.8. The van der Waals surface area contributed by atoms with Gasteiger partial charge in [-0.25, -0.2) is 8.78 Å². The molecule has 0 unspecified atom stereocenters. The molecule has 0 fully saturated rings. The van der Waals surface area contributed by atoms with E-state index in [1.54, 1.807) is 72.8 Å². The molecular weight excluding hydrogens is 430 g/mol. The second-order valence-corrected chi connectivity index (χ2v) is 8.33. The van der Waals surface area contributed by atoms with Gasteiger partial charge in [0, 0.05) is 23.0 Å². The van der Waals surface area contributed by atoms with E-state index in [4.69, 9.17) is 0 Å². The topological polar surface area (TPSA) is 34.1 Å². The molecule has 170 valence electrons. The van der Waals surface area contributed by atoms with Gasteiger partial charge in [0.05, 0.1) is 0 Å². The fourth-order valence-electron chi connectivity index (χ4n) is 4.22. The van der Waals surface area contributed by atoms with E-state index >= 15 is 0 Å². The van der Waals surface area contributed by atoms with Crippen LogP contribution in [0.25, 0.3) is 0 Å². The van der Waals surface area contributed by atoms with Crippen molar-refractivity contribution in [1.29, 1.82) is 0 Å². The quantitative estimate of drug-likeness (QED) is 0.262. The predicted octanol–water partition coefficient (Wildman–Crippen LogP) is 6.75. The molecule has 2 nitrogen and oxygen atoms in total. The average Bonchev–Trinajstić information content (AvgIpc) is 2.88. The highest BCUT2D eigenvalue weighted by molar-refractivity contribution is 6.05. The van der Waals surface area contributed by atoms with Crippen molar-refractivity contribution in [2.75, 3.05) is 0 Å². The Hall–Kier alpha value is -3.92. The molecule has 0 saturated carbocycles. The van der Waals surface area contributed by atoms with Gasteiger partial charge in [-0.15, -0.1) is 0 Å². The highest BCUT2D eigenvalue weighted by Crippen LogP contribution is 2.29. The number of carbonyl (C=O) groups excluding carboxylic acids is 2. The van der Waals surface area contributed by atoms with Crippen molar-refractivity contribution in [2.24, 2.45) is 11.8 Å². The van der Waals surface area contributed by atoms with Gasteiger partial charge in [0.25, 0.3) is 0 Å². The minimum Gasteiger partial charge on any atom is -0.294 e. The lowest BCUT2D eigenvalue weighted by atomic mass is 9.75. The van der Waals surface area contributed by atoms with E-state index in [1.807, 2.05) is 12.1 Å². The van der Waals surface area contributed by atoms with Crippen LogP contribution in [0.3, 0.4) is 0 Å². The maximum atomic E-state index is 13.8. The fourth-order valence-corrected chi connectivity index (χ4v) is 4.22. The minimum absolute atomic E-state index is 0.152. The van der Waals surface area contributed by atoms with Gasteiger partial charge in [0.15, 0.2) is 11.6 Å². The first-order valence-corrected chi connectivity index (χ1v) is 11.2. The molecule has 0 radical (unpaired) electrons. The number of ketones is 2. The first kappa shape index (κ1) is 23.2. The average molecular weight is 455 g/mol. The second-order valence-electron chi connectivity index (χ2n) is 8.33. The van der Waals surface area contributed by atoms with Crippen molar-refractivity contribution < 1.29 is 18.4 Å². The van der Waals surface area contributed by atoms with Crippen molar-refractivity contribution in [3.63, 3.8) is 0 Å². The summed E-state index contributed by atoms with van der Waals surface area (Å²) in [4.78, 5) is 27.5. The summed E-state index contributed by atoms with van der Waals surface area (Å²) in [5, 5.41) is 0. The molecule has 34 heavy (non-hydrogen) atoms. The van der Waals surface area contributed by atoms with Crippen LogP contribution in [-0.4, -0.2) is 11.6 Å². The van der Waals surface area contributed by atoms with E-state index < -0.39 is 11.8 Å². The summed E-state index contributed by atoms with van der Waals surface area (Å²) in [6, 6.07) is 29.7. The van der Waals surface area contributed by atoms with Gasteiger partial charge in [-0.1, -0.05) is 84.9 Å². The molecule has 0 aliphatic rings. The van der Waals surface area contributed by atoms with E-state index in [2.05, 4.69) is 0 Å². The van der Waals surface area contributed by atoms with Crippen molar-refractivity contribution in [1.82, 2.24) is 0 Å². The number of Topliss-reactive ketones (excluding diaryl/α,β-unsaturated/α-hetero) is 2. The largest absolute Gasteiger partial charge is 0.294 e. The Morgan fingerprint density at radius 2 is 0.824 bits per heavy atom. The number of benzene rings is 4. The predicted molar refractivity (Wildman–Crippen MR) is 129 cm³/mol. The van der Waals surface area contributed by atoms with Crippen LogP contribution in [0.4, 0.5) is 8.78 Å². The molecule has 2 atom stereocenters. The van der Waals surface area contributed by atoms with Crippen LogP contribution >= 0.6 is 0 Å². The zero-order chi connectivity index (χ0) is 23.9. The molecule has 4 rings (SSSR count).